The molecule has 1 amide bonds. The van der Waals surface area contributed by atoms with E-state index in [0.29, 0.717) is 0 Å². The number of benzene rings is 1. The van der Waals surface area contributed by atoms with Crippen molar-refractivity contribution in [1.82, 2.24) is 4.90 Å². The van der Waals surface area contributed by atoms with E-state index >= 15 is 0 Å². The minimum absolute atomic E-state index is 0.165. The second-order valence-electron chi connectivity index (χ2n) is 5.63. The van der Waals surface area contributed by atoms with Gasteiger partial charge >= 0.3 is 0 Å². The maximum Gasteiger partial charge on any atom is 0.266 e. The fraction of sp³-hybridized carbons (Fsp3) is 0.444. The van der Waals surface area contributed by atoms with Gasteiger partial charge in [-0.15, -0.1) is 0 Å². The molecule has 1 heterocycles. The Bertz CT molecular complexity index is 607. The molecule has 4 nitrogen and oxygen atoms in total. The predicted molar refractivity (Wildman–Crippen MR) is 88.3 cm³/mol. The number of hydrogen-bond acceptors (Lipinski definition) is 3. The molecule has 1 aliphatic heterocycles. The summed E-state index contributed by atoms with van der Waals surface area (Å²) in [7, 11) is 0. The van der Waals surface area contributed by atoms with Crippen molar-refractivity contribution >= 4 is 11.6 Å². The van der Waals surface area contributed by atoms with Crippen LogP contribution >= 0.6 is 0 Å². The van der Waals surface area contributed by atoms with Gasteiger partial charge < -0.3 is 10.2 Å². The van der Waals surface area contributed by atoms with Gasteiger partial charge in [-0.2, -0.15) is 5.26 Å². The van der Waals surface area contributed by atoms with E-state index in [9.17, 15) is 10.1 Å². The number of rotatable bonds is 4. The smallest absolute Gasteiger partial charge is 0.266 e. The molecular formula is C18H23N3O. The first-order chi connectivity index (χ1) is 10.7. The Kier molecular flexibility index (Phi) is 5.60. The number of nitrogens with zero attached hydrogens (tertiary/aromatic N) is 2. The van der Waals surface area contributed by atoms with Gasteiger partial charge in [-0.1, -0.05) is 25.1 Å². The lowest BCUT2D eigenvalue weighted by Crippen LogP contribution is -2.36. The van der Waals surface area contributed by atoms with E-state index in [1.165, 1.54) is 5.56 Å². The van der Waals surface area contributed by atoms with Gasteiger partial charge in [0, 0.05) is 25.0 Å². The van der Waals surface area contributed by atoms with Crippen LogP contribution < -0.4 is 5.32 Å². The Morgan fingerprint density at radius 2 is 2.09 bits per heavy atom. The fourth-order valence-corrected chi connectivity index (χ4v) is 2.78. The van der Waals surface area contributed by atoms with Crippen LogP contribution in [0.5, 0.6) is 0 Å². The summed E-state index contributed by atoms with van der Waals surface area (Å²) in [5, 5.41) is 12.5. The average Bonchev–Trinajstić information content (AvgIpc) is 2.57. The minimum atomic E-state index is -0.165. The molecule has 0 aromatic heterocycles. The van der Waals surface area contributed by atoms with Crippen molar-refractivity contribution in [2.45, 2.75) is 39.5 Å². The number of likely N-dealkylation sites (tertiary alicyclic amines) is 1. The van der Waals surface area contributed by atoms with Crippen molar-refractivity contribution in [3.8, 4) is 6.07 Å². The molecule has 1 saturated heterocycles. The number of piperidine rings is 1. The Hall–Kier alpha value is -2.28. The van der Waals surface area contributed by atoms with E-state index in [0.717, 1.165) is 50.0 Å². The number of aryl methyl sites for hydroxylation is 2. The van der Waals surface area contributed by atoms with E-state index in [1.54, 1.807) is 11.1 Å². The molecule has 0 atom stereocenters. The van der Waals surface area contributed by atoms with Gasteiger partial charge in [0.25, 0.3) is 5.91 Å². The quantitative estimate of drug-likeness (QED) is 0.684. The summed E-state index contributed by atoms with van der Waals surface area (Å²) < 4.78 is 0. The van der Waals surface area contributed by atoms with Crippen LogP contribution in [0.3, 0.4) is 0 Å². The van der Waals surface area contributed by atoms with E-state index < -0.39 is 0 Å². The third-order valence-corrected chi connectivity index (χ3v) is 4.09. The van der Waals surface area contributed by atoms with Crippen molar-refractivity contribution in [3.63, 3.8) is 0 Å². The lowest BCUT2D eigenvalue weighted by molar-refractivity contribution is -0.127. The molecule has 1 aromatic carbocycles. The number of amides is 1. The molecule has 1 aliphatic rings. The summed E-state index contributed by atoms with van der Waals surface area (Å²) in [5.74, 6) is -0.165. The highest BCUT2D eigenvalue weighted by Gasteiger charge is 2.20. The van der Waals surface area contributed by atoms with Gasteiger partial charge in [0.05, 0.1) is 0 Å². The molecule has 22 heavy (non-hydrogen) atoms. The normalized spacial score (nSPS) is 15.3. The number of para-hydroxylation sites is 1. The summed E-state index contributed by atoms with van der Waals surface area (Å²) in [6.07, 6.45) is 5.67. The molecule has 0 bridgehead atoms. The average molecular weight is 297 g/mol. The second kappa shape index (κ2) is 7.65. The molecule has 0 aliphatic carbocycles. The number of carbonyl (C=O) groups excluding carboxylic acids is 1. The molecule has 1 N–H and O–H groups in total. The van der Waals surface area contributed by atoms with Crippen molar-refractivity contribution < 1.29 is 4.79 Å². The van der Waals surface area contributed by atoms with Crippen LogP contribution in [0.25, 0.3) is 0 Å². The van der Waals surface area contributed by atoms with Crippen LogP contribution in [0.2, 0.25) is 0 Å². The molecular weight excluding hydrogens is 274 g/mol. The van der Waals surface area contributed by atoms with Crippen molar-refractivity contribution in [2.75, 3.05) is 18.4 Å². The largest absolute Gasteiger partial charge is 0.360 e. The van der Waals surface area contributed by atoms with Crippen LogP contribution in [0.4, 0.5) is 5.69 Å². The summed E-state index contributed by atoms with van der Waals surface area (Å²) in [4.78, 5) is 14.2. The Balaban J connectivity index is 2.16. The first kappa shape index (κ1) is 16.1. The molecule has 0 radical (unpaired) electrons. The van der Waals surface area contributed by atoms with Crippen LogP contribution in [0.1, 0.15) is 37.3 Å². The first-order valence-corrected chi connectivity index (χ1v) is 7.92. The molecule has 1 fully saturated rings. The summed E-state index contributed by atoms with van der Waals surface area (Å²) in [5.41, 5.74) is 3.45. The molecule has 2 rings (SSSR count). The van der Waals surface area contributed by atoms with Gasteiger partial charge in [0.1, 0.15) is 11.6 Å². The number of nitriles is 1. The highest BCUT2D eigenvalue weighted by atomic mass is 16.2. The van der Waals surface area contributed by atoms with Crippen molar-refractivity contribution in [3.05, 3.63) is 41.1 Å². The van der Waals surface area contributed by atoms with E-state index in [1.807, 2.05) is 25.1 Å². The van der Waals surface area contributed by atoms with Crippen LogP contribution in [-0.2, 0) is 11.2 Å². The van der Waals surface area contributed by atoms with E-state index in [4.69, 9.17) is 0 Å². The maximum absolute atomic E-state index is 12.4. The Morgan fingerprint density at radius 3 is 2.73 bits per heavy atom. The lowest BCUT2D eigenvalue weighted by atomic mass is 10.1. The highest BCUT2D eigenvalue weighted by Crippen LogP contribution is 2.21. The van der Waals surface area contributed by atoms with E-state index in [-0.39, 0.29) is 11.5 Å². The molecule has 0 spiro atoms. The van der Waals surface area contributed by atoms with E-state index in [2.05, 4.69) is 18.3 Å². The zero-order valence-corrected chi connectivity index (χ0v) is 13.4. The summed E-state index contributed by atoms with van der Waals surface area (Å²) in [6.45, 7) is 5.62. The fourth-order valence-electron chi connectivity index (χ4n) is 2.78. The molecule has 0 saturated carbocycles. The Morgan fingerprint density at radius 1 is 1.36 bits per heavy atom. The standard InChI is InChI=1S/C18H23N3O/c1-3-15-9-7-8-14(2)17(15)20-13-16(12-19)18(22)21-10-5-4-6-11-21/h7-9,13,20H,3-6,10-11H2,1-2H3/b16-13-. The monoisotopic (exact) mass is 297 g/mol. The SMILES string of the molecule is CCc1cccc(C)c1N/C=C(/C#N)C(=O)N1CCCCC1. The Labute approximate surface area is 132 Å². The van der Waals surface area contributed by atoms with Crippen LogP contribution in [0.15, 0.2) is 30.0 Å². The molecule has 4 heteroatoms. The number of carbonyl (C=O) groups is 1. The van der Waals surface area contributed by atoms with Crippen molar-refractivity contribution in [2.24, 2.45) is 0 Å². The maximum atomic E-state index is 12.4. The third-order valence-electron chi connectivity index (χ3n) is 4.09. The minimum Gasteiger partial charge on any atom is -0.360 e. The van der Waals surface area contributed by atoms with Gasteiger partial charge in [-0.25, -0.2) is 0 Å². The number of anilines is 1. The third kappa shape index (κ3) is 3.67. The summed E-state index contributed by atoms with van der Waals surface area (Å²) >= 11 is 0. The zero-order valence-electron chi connectivity index (χ0n) is 13.4. The topological polar surface area (TPSA) is 56.1 Å². The first-order valence-electron chi connectivity index (χ1n) is 7.92. The van der Waals surface area contributed by atoms with Gasteiger partial charge in [-0.3, -0.25) is 4.79 Å². The van der Waals surface area contributed by atoms with Gasteiger partial charge in [-0.05, 0) is 43.7 Å². The molecule has 1 aromatic rings. The van der Waals surface area contributed by atoms with Gasteiger partial charge in [0.15, 0.2) is 0 Å². The van der Waals surface area contributed by atoms with Crippen molar-refractivity contribution in [1.29, 1.82) is 5.26 Å². The van der Waals surface area contributed by atoms with Gasteiger partial charge in [0.2, 0.25) is 0 Å². The molecule has 116 valence electrons. The summed E-state index contributed by atoms with van der Waals surface area (Å²) in [6, 6.07) is 8.13. The number of hydrogen-bond donors (Lipinski definition) is 1. The molecule has 0 unspecified atom stereocenters. The number of nitrogens with one attached hydrogen (secondary N) is 1. The zero-order chi connectivity index (χ0) is 15.9. The van der Waals surface area contributed by atoms with Crippen LogP contribution in [0, 0.1) is 18.3 Å². The lowest BCUT2D eigenvalue weighted by Gasteiger charge is -2.26. The predicted octanol–water partition coefficient (Wildman–Crippen LogP) is 3.39. The van der Waals surface area contributed by atoms with Crippen LogP contribution in [-0.4, -0.2) is 23.9 Å². The highest BCUT2D eigenvalue weighted by molar-refractivity contribution is 5.97. The second-order valence-corrected chi connectivity index (χ2v) is 5.63.